The zero-order valence-corrected chi connectivity index (χ0v) is 13.4. The Labute approximate surface area is 139 Å². The average molecular weight is 352 g/mol. The molecule has 3 rings (SSSR count). The first kappa shape index (κ1) is 16.9. The number of aryl methyl sites for hydroxylation is 1. The molecule has 7 nitrogen and oxygen atoms in total. The van der Waals surface area contributed by atoms with Crippen molar-refractivity contribution in [3.8, 4) is 5.75 Å². The summed E-state index contributed by atoms with van der Waals surface area (Å²) >= 11 is 0. The largest absolute Gasteiger partial charge is 0.462 e. The fraction of sp³-hybridized carbons (Fsp3) is 0.312. The Hall–Kier alpha value is -2.97. The summed E-state index contributed by atoms with van der Waals surface area (Å²) in [5.41, 5.74) is -0.682. The van der Waals surface area contributed by atoms with Crippen LogP contribution >= 0.6 is 0 Å². The van der Waals surface area contributed by atoms with Gasteiger partial charge in [-0.2, -0.15) is 13.9 Å². The van der Waals surface area contributed by atoms with Crippen LogP contribution in [0.4, 0.5) is 8.78 Å². The topological polar surface area (TPSA) is 83.6 Å². The number of aromatic nitrogens is 2. The van der Waals surface area contributed by atoms with Gasteiger partial charge in [-0.3, -0.25) is 4.79 Å². The van der Waals surface area contributed by atoms with Gasteiger partial charge in [0, 0.05) is 11.9 Å². The van der Waals surface area contributed by atoms with Crippen LogP contribution < -0.4 is 10.3 Å². The normalized spacial score (nSPS) is 11.4. The molecule has 0 aliphatic carbocycles. The molecule has 2 aromatic heterocycles. The van der Waals surface area contributed by atoms with Crippen LogP contribution in [0.5, 0.6) is 5.75 Å². The van der Waals surface area contributed by atoms with Gasteiger partial charge in [0.25, 0.3) is 0 Å². The summed E-state index contributed by atoms with van der Waals surface area (Å²) in [4.78, 5) is 24.6. The lowest BCUT2D eigenvalue weighted by Crippen LogP contribution is -2.20. The van der Waals surface area contributed by atoms with Crippen molar-refractivity contribution in [3.05, 3.63) is 34.2 Å². The molecule has 9 heteroatoms. The monoisotopic (exact) mass is 352 g/mol. The van der Waals surface area contributed by atoms with Crippen molar-refractivity contribution in [2.75, 3.05) is 6.61 Å². The first-order valence-corrected chi connectivity index (χ1v) is 7.55. The molecule has 1 aromatic carbocycles. The number of carbonyl (C=O) groups is 1. The van der Waals surface area contributed by atoms with Crippen LogP contribution in [0.2, 0.25) is 0 Å². The minimum absolute atomic E-state index is 0.0765. The molecule has 0 bridgehead atoms. The Morgan fingerprint density at radius 3 is 2.72 bits per heavy atom. The highest BCUT2D eigenvalue weighted by Crippen LogP contribution is 2.36. The first-order valence-electron chi connectivity index (χ1n) is 7.55. The molecule has 3 aromatic rings. The number of carbonyl (C=O) groups excluding carboxylic acids is 1. The molecule has 0 spiro atoms. The molecule has 0 unspecified atom stereocenters. The van der Waals surface area contributed by atoms with Crippen molar-refractivity contribution in [2.45, 2.75) is 27.0 Å². The highest BCUT2D eigenvalue weighted by Gasteiger charge is 2.24. The van der Waals surface area contributed by atoms with Crippen LogP contribution in [-0.2, 0) is 11.3 Å². The van der Waals surface area contributed by atoms with Gasteiger partial charge in [0.05, 0.1) is 23.8 Å². The van der Waals surface area contributed by atoms with Crippen molar-refractivity contribution in [1.82, 2.24) is 9.78 Å². The molecular formula is C16H14F2N2O5. The van der Waals surface area contributed by atoms with Gasteiger partial charge in [-0.1, -0.05) is 0 Å². The average Bonchev–Trinajstić information content (AvgIpc) is 2.96. The predicted octanol–water partition coefficient (Wildman–Crippen LogP) is 2.94. The molecule has 0 aliphatic rings. The van der Waals surface area contributed by atoms with Gasteiger partial charge in [0.15, 0.2) is 11.3 Å². The molecule has 0 amide bonds. The smallest absolute Gasteiger partial charge is 0.387 e. The highest BCUT2D eigenvalue weighted by molar-refractivity contribution is 6.16. The van der Waals surface area contributed by atoms with Crippen LogP contribution in [0, 0.1) is 0 Å². The summed E-state index contributed by atoms with van der Waals surface area (Å²) in [6.45, 7) is 0.704. The van der Waals surface area contributed by atoms with Gasteiger partial charge in [0.2, 0.25) is 5.58 Å². The third kappa shape index (κ3) is 2.81. The van der Waals surface area contributed by atoms with E-state index < -0.39 is 18.1 Å². The zero-order chi connectivity index (χ0) is 18.1. The van der Waals surface area contributed by atoms with Crippen molar-refractivity contribution in [1.29, 1.82) is 0 Å². The molecular weight excluding hydrogens is 338 g/mol. The SMILES string of the molecule is CCOC(=O)c1ccc(OC(F)F)c2oc3c(=O)n(CC)ncc3c12. The van der Waals surface area contributed by atoms with Gasteiger partial charge >= 0.3 is 18.1 Å². The molecule has 2 heterocycles. The maximum Gasteiger partial charge on any atom is 0.387 e. The summed E-state index contributed by atoms with van der Waals surface area (Å²) in [5, 5.41) is 4.37. The summed E-state index contributed by atoms with van der Waals surface area (Å²) in [6.07, 6.45) is 1.35. The third-order valence-electron chi connectivity index (χ3n) is 3.61. The number of nitrogens with zero attached hydrogens (tertiary/aromatic N) is 2. The van der Waals surface area contributed by atoms with Crippen molar-refractivity contribution in [3.63, 3.8) is 0 Å². The molecule has 0 atom stereocenters. The lowest BCUT2D eigenvalue weighted by Gasteiger charge is -2.07. The van der Waals surface area contributed by atoms with Gasteiger partial charge in [-0.05, 0) is 26.0 Å². The quantitative estimate of drug-likeness (QED) is 0.657. The first-order chi connectivity index (χ1) is 12.0. The van der Waals surface area contributed by atoms with E-state index in [1.165, 1.54) is 18.3 Å². The van der Waals surface area contributed by atoms with Gasteiger partial charge in [0.1, 0.15) is 0 Å². The number of hydrogen-bond acceptors (Lipinski definition) is 6. The van der Waals surface area contributed by atoms with E-state index in [1.54, 1.807) is 13.8 Å². The fourth-order valence-electron chi connectivity index (χ4n) is 2.57. The lowest BCUT2D eigenvalue weighted by atomic mass is 10.1. The molecule has 0 aliphatic heterocycles. The lowest BCUT2D eigenvalue weighted by molar-refractivity contribution is -0.0493. The Morgan fingerprint density at radius 1 is 1.32 bits per heavy atom. The fourth-order valence-corrected chi connectivity index (χ4v) is 2.57. The van der Waals surface area contributed by atoms with Gasteiger partial charge in [-0.15, -0.1) is 0 Å². The number of hydrogen-bond donors (Lipinski definition) is 0. The minimum Gasteiger partial charge on any atom is -0.462 e. The van der Waals surface area contributed by atoms with Crippen LogP contribution in [0.15, 0.2) is 27.5 Å². The van der Waals surface area contributed by atoms with Crippen molar-refractivity contribution >= 4 is 27.9 Å². The van der Waals surface area contributed by atoms with Crippen molar-refractivity contribution < 1.29 is 27.5 Å². The van der Waals surface area contributed by atoms with Crippen LogP contribution in [0.1, 0.15) is 24.2 Å². The third-order valence-corrected chi connectivity index (χ3v) is 3.61. The van der Waals surface area contributed by atoms with Gasteiger partial charge < -0.3 is 13.9 Å². The Balaban J connectivity index is 2.39. The summed E-state index contributed by atoms with van der Waals surface area (Å²) in [5.74, 6) is -0.949. The standard InChI is InChI=1S/C16H14F2N2O5/c1-3-20-14(21)12-9(7-19-20)11-8(15(22)23-4-2)5-6-10(13(11)25-12)24-16(17)18/h5-7,16H,3-4H2,1-2H3. The van der Waals surface area contributed by atoms with Crippen LogP contribution in [0.25, 0.3) is 21.9 Å². The van der Waals surface area contributed by atoms with E-state index in [2.05, 4.69) is 9.84 Å². The Morgan fingerprint density at radius 2 is 2.08 bits per heavy atom. The van der Waals surface area contributed by atoms with Crippen LogP contribution in [-0.4, -0.2) is 29.0 Å². The summed E-state index contributed by atoms with van der Waals surface area (Å²) < 4.78 is 41.4. The molecule has 0 N–H and O–H groups in total. The Kier molecular flexibility index (Phi) is 4.39. The van der Waals surface area contributed by atoms with Crippen molar-refractivity contribution in [2.24, 2.45) is 0 Å². The second-order valence-electron chi connectivity index (χ2n) is 5.02. The molecule has 0 saturated heterocycles. The van der Waals surface area contributed by atoms with E-state index in [4.69, 9.17) is 9.15 Å². The van der Waals surface area contributed by atoms with E-state index in [0.29, 0.717) is 6.54 Å². The molecule has 0 radical (unpaired) electrons. The Bertz CT molecular complexity index is 1010. The van der Waals surface area contributed by atoms with Crippen LogP contribution in [0.3, 0.4) is 0 Å². The maximum atomic E-state index is 12.6. The number of esters is 1. The molecule has 25 heavy (non-hydrogen) atoms. The number of furan rings is 1. The van der Waals surface area contributed by atoms with E-state index in [0.717, 1.165) is 4.68 Å². The number of alkyl halides is 2. The second kappa shape index (κ2) is 6.50. The predicted molar refractivity (Wildman–Crippen MR) is 84.0 cm³/mol. The molecule has 0 saturated carbocycles. The van der Waals surface area contributed by atoms with E-state index >= 15 is 0 Å². The number of halogens is 2. The van der Waals surface area contributed by atoms with Gasteiger partial charge in [-0.25, -0.2) is 9.48 Å². The zero-order valence-electron chi connectivity index (χ0n) is 13.4. The summed E-state index contributed by atoms with van der Waals surface area (Å²) in [6, 6.07) is 2.47. The van der Waals surface area contributed by atoms with E-state index in [1.807, 2.05) is 0 Å². The second-order valence-corrected chi connectivity index (χ2v) is 5.02. The number of rotatable bonds is 5. The van der Waals surface area contributed by atoms with E-state index in [9.17, 15) is 18.4 Å². The maximum absolute atomic E-state index is 12.6. The number of ether oxygens (including phenoxy) is 2. The van der Waals surface area contributed by atoms with E-state index in [-0.39, 0.29) is 39.9 Å². The summed E-state index contributed by atoms with van der Waals surface area (Å²) in [7, 11) is 0. The molecule has 0 fully saturated rings. The number of benzene rings is 1. The minimum atomic E-state index is -3.09. The number of fused-ring (bicyclic) bond motifs is 3. The molecule has 132 valence electrons. The highest BCUT2D eigenvalue weighted by atomic mass is 19.3.